The monoisotopic (exact) mass is 214 g/mol. The molecule has 4 nitrogen and oxygen atoms in total. The number of pyridine rings is 1. The van der Waals surface area contributed by atoms with Crippen molar-refractivity contribution in [3.05, 3.63) is 36.5 Å². The van der Waals surface area contributed by atoms with E-state index in [1.165, 1.54) is 6.08 Å². The molecule has 0 saturated heterocycles. The Bertz CT molecular complexity index is 533. The van der Waals surface area contributed by atoms with Crippen LogP contribution in [-0.4, -0.2) is 24.2 Å². The van der Waals surface area contributed by atoms with Crippen molar-refractivity contribution in [3.63, 3.8) is 0 Å². The summed E-state index contributed by atoms with van der Waals surface area (Å²) in [6, 6.07) is 9.50. The zero-order valence-corrected chi connectivity index (χ0v) is 8.59. The molecule has 0 fully saturated rings. The van der Waals surface area contributed by atoms with Crippen molar-refractivity contribution in [1.29, 1.82) is 0 Å². The predicted octanol–water partition coefficient (Wildman–Crippen LogP) is 1.95. The molecule has 0 unspecified atom stereocenters. The third-order valence-corrected chi connectivity index (χ3v) is 2.11. The van der Waals surface area contributed by atoms with Gasteiger partial charge in [0.15, 0.2) is 0 Å². The first-order valence-electron chi connectivity index (χ1n) is 4.91. The van der Waals surface area contributed by atoms with Crippen molar-refractivity contribution < 1.29 is 9.53 Å². The molecule has 1 heterocycles. The Labute approximate surface area is 92.6 Å². The number of carbonyl (C=O) groups excluding carboxylic acids is 1. The number of nitrogens with zero attached hydrogens (tertiary/aromatic N) is 2. The van der Waals surface area contributed by atoms with Crippen LogP contribution in [0.2, 0.25) is 0 Å². The van der Waals surface area contributed by atoms with Gasteiger partial charge >= 0.3 is 0 Å². The summed E-state index contributed by atoms with van der Waals surface area (Å²) < 4.78 is 5.42. The summed E-state index contributed by atoms with van der Waals surface area (Å²) >= 11 is 0. The van der Waals surface area contributed by atoms with Gasteiger partial charge in [0.05, 0.1) is 12.1 Å². The van der Waals surface area contributed by atoms with Gasteiger partial charge in [-0.25, -0.2) is 9.79 Å². The topological polar surface area (TPSA) is 51.5 Å². The molecule has 0 aliphatic carbocycles. The van der Waals surface area contributed by atoms with Crippen LogP contribution >= 0.6 is 0 Å². The second-order valence-corrected chi connectivity index (χ2v) is 3.18. The number of ether oxygens (including phenoxy) is 1. The standard InChI is InChI=1S/C12H10N2O2/c15-9-13-6-7-16-11-3-4-12-10(8-11)2-1-5-14-12/h1-5,8H,6-7H2. The minimum Gasteiger partial charge on any atom is -0.492 e. The van der Waals surface area contributed by atoms with Crippen molar-refractivity contribution in [2.75, 3.05) is 13.2 Å². The van der Waals surface area contributed by atoms with E-state index in [1.54, 1.807) is 6.20 Å². The maximum absolute atomic E-state index is 9.84. The van der Waals surface area contributed by atoms with Crippen molar-refractivity contribution in [2.45, 2.75) is 0 Å². The number of isocyanates is 1. The number of aromatic nitrogens is 1. The summed E-state index contributed by atoms with van der Waals surface area (Å²) in [6.45, 7) is 0.704. The maximum atomic E-state index is 9.84. The van der Waals surface area contributed by atoms with E-state index < -0.39 is 0 Å². The largest absolute Gasteiger partial charge is 0.492 e. The molecule has 0 amide bonds. The van der Waals surface area contributed by atoms with E-state index in [0.717, 1.165) is 16.7 Å². The van der Waals surface area contributed by atoms with Crippen molar-refractivity contribution in [3.8, 4) is 5.75 Å². The molecule has 16 heavy (non-hydrogen) atoms. The first kappa shape index (κ1) is 10.3. The van der Waals surface area contributed by atoms with Crippen LogP contribution in [0.5, 0.6) is 5.75 Å². The molecule has 0 atom stereocenters. The quantitative estimate of drug-likeness (QED) is 0.444. The number of hydrogen-bond acceptors (Lipinski definition) is 4. The smallest absolute Gasteiger partial charge is 0.235 e. The van der Waals surface area contributed by atoms with Gasteiger partial charge < -0.3 is 4.74 Å². The maximum Gasteiger partial charge on any atom is 0.235 e. The fourth-order valence-corrected chi connectivity index (χ4v) is 1.40. The van der Waals surface area contributed by atoms with Crippen molar-refractivity contribution >= 4 is 17.0 Å². The van der Waals surface area contributed by atoms with Gasteiger partial charge in [-0.3, -0.25) is 4.98 Å². The van der Waals surface area contributed by atoms with Crippen molar-refractivity contribution in [1.82, 2.24) is 4.98 Å². The molecule has 0 aliphatic rings. The number of aliphatic imine (C=N–C) groups is 1. The molecule has 4 heteroatoms. The zero-order valence-electron chi connectivity index (χ0n) is 8.59. The molecule has 0 radical (unpaired) electrons. The average molecular weight is 214 g/mol. The van der Waals surface area contributed by atoms with Crippen LogP contribution in [0, 0.1) is 0 Å². The van der Waals surface area contributed by atoms with Gasteiger partial charge in [0.1, 0.15) is 12.4 Å². The molecule has 0 N–H and O–H groups in total. The highest BCUT2D eigenvalue weighted by molar-refractivity contribution is 5.79. The number of benzene rings is 1. The van der Waals surface area contributed by atoms with Gasteiger partial charge in [-0.1, -0.05) is 6.07 Å². The molecule has 1 aromatic heterocycles. The first-order chi connectivity index (χ1) is 7.90. The van der Waals surface area contributed by atoms with Crippen LogP contribution in [0.3, 0.4) is 0 Å². The molecule has 80 valence electrons. The van der Waals surface area contributed by atoms with E-state index in [4.69, 9.17) is 4.74 Å². The Kier molecular flexibility index (Phi) is 3.26. The Morgan fingerprint density at radius 3 is 3.19 bits per heavy atom. The Hall–Kier alpha value is -2.19. The normalized spacial score (nSPS) is 9.75. The highest BCUT2D eigenvalue weighted by Gasteiger charge is 1.97. The Morgan fingerprint density at radius 2 is 2.31 bits per heavy atom. The minimum absolute atomic E-state index is 0.328. The second-order valence-electron chi connectivity index (χ2n) is 3.18. The highest BCUT2D eigenvalue weighted by atomic mass is 16.5. The van der Waals surface area contributed by atoms with Crippen LogP contribution in [0.4, 0.5) is 0 Å². The van der Waals surface area contributed by atoms with Gasteiger partial charge in [0, 0.05) is 11.6 Å². The molecule has 2 rings (SSSR count). The second kappa shape index (κ2) is 5.05. The number of hydrogen-bond donors (Lipinski definition) is 0. The van der Waals surface area contributed by atoms with Crippen LogP contribution in [0.25, 0.3) is 10.9 Å². The van der Waals surface area contributed by atoms with Crippen molar-refractivity contribution in [2.24, 2.45) is 4.99 Å². The lowest BCUT2D eigenvalue weighted by Gasteiger charge is -2.04. The van der Waals surface area contributed by atoms with Crippen LogP contribution < -0.4 is 4.74 Å². The third kappa shape index (κ3) is 2.43. The lowest BCUT2D eigenvalue weighted by molar-refractivity contribution is 0.329. The lowest BCUT2D eigenvalue weighted by Crippen LogP contribution is -2.00. The Balaban J connectivity index is 2.10. The van der Waals surface area contributed by atoms with Gasteiger partial charge in [0.2, 0.25) is 6.08 Å². The summed E-state index contributed by atoms with van der Waals surface area (Å²) in [5, 5.41) is 1.03. The molecule has 0 bridgehead atoms. The summed E-state index contributed by atoms with van der Waals surface area (Å²) in [6.07, 6.45) is 3.22. The minimum atomic E-state index is 0.328. The lowest BCUT2D eigenvalue weighted by atomic mass is 10.2. The fourth-order valence-electron chi connectivity index (χ4n) is 1.40. The molecule has 0 aliphatic heterocycles. The predicted molar refractivity (Wildman–Crippen MR) is 60.2 cm³/mol. The Morgan fingerprint density at radius 1 is 1.38 bits per heavy atom. The molecule has 1 aromatic carbocycles. The fraction of sp³-hybridized carbons (Fsp3) is 0.167. The van der Waals surface area contributed by atoms with E-state index >= 15 is 0 Å². The molecule has 0 saturated carbocycles. The first-order valence-corrected chi connectivity index (χ1v) is 4.91. The summed E-state index contributed by atoms with van der Waals surface area (Å²) in [7, 11) is 0. The summed E-state index contributed by atoms with van der Waals surface area (Å²) in [5.41, 5.74) is 0.931. The van der Waals surface area contributed by atoms with Gasteiger partial charge in [-0.05, 0) is 24.3 Å². The van der Waals surface area contributed by atoms with Crippen LogP contribution in [0.15, 0.2) is 41.5 Å². The van der Waals surface area contributed by atoms with E-state index in [-0.39, 0.29) is 0 Å². The number of rotatable bonds is 4. The summed E-state index contributed by atoms with van der Waals surface area (Å²) in [4.78, 5) is 17.4. The molecular formula is C12H10N2O2. The van der Waals surface area contributed by atoms with E-state index in [1.807, 2.05) is 30.3 Å². The molecular weight excluding hydrogens is 204 g/mol. The SMILES string of the molecule is O=C=NCCOc1ccc2ncccc2c1. The van der Waals surface area contributed by atoms with E-state index in [0.29, 0.717) is 13.2 Å². The molecule has 0 spiro atoms. The van der Waals surface area contributed by atoms with Gasteiger partial charge in [-0.15, -0.1) is 0 Å². The third-order valence-electron chi connectivity index (χ3n) is 2.11. The van der Waals surface area contributed by atoms with Crippen LogP contribution in [0.1, 0.15) is 0 Å². The number of fused-ring (bicyclic) bond motifs is 1. The van der Waals surface area contributed by atoms with Crippen LogP contribution in [-0.2, 0) is 4.79 Å². The highest BCUT2D eigenvalue weighted by Crippen LogP contribution is 2.18. The average Bonchev–Trinajstić information content (AvgIpc) is 2.34. The van der Waals surface area contributed by atoms with Gasteiger partial charge in [-0.2, -0.15) is 0 Å². The summed E-state index contributed by atoms with van der Waals surface area (Å²) in [5.74, 6) is 0.751. The van der Waals surface area contributed by atoms with E-state index in [9.17, 15) is 4.79 Å². The molecule has 2 aromatic rings. The van der Waals surface area contributed by atoms with E-state index in [2.05, 4.69) is 9.98 Å². The zero-order chi connectivity index (χ0) is 11.2. The van der Waals surface area contributed by atoms with Gasteiger partial charge in [0.25, 0.3) is 0 Å².